The Bertz CT molecular complexity index is 225. The van der Waals surface area contributed by atoms with Gasteiger partial charge < -0.3 is 5.73 Å². The summed E-state index contributed by atoms with van der Waals surface area (Å²) in [4.78, 5) is 0. The molecule has 0 aromatic heterocycles. The first kappa shape index (κ1) is 11.1. The van der Waals surface area contributed by atoms with E-state index in [1.165, 1.54) is 0 Å². The minimum absolute atomic E-state index is 0. The maximum absolute atomic E-state index is 5.75. The van der Waals surface area contributed by atoms with Crippen molar-refractivity contribution in [2.75, 3.05) is 0 Å². The van der Waals surface area contributed by atoms with Crippen LogP contribution in [-0.2, 0) is 0 Å². The van der Waals surface area contributed by atoms with E-state index >= 15 is 0 Å². The summed E-state index contributed by atoms with van der Waals surface area (Å²) < 4.78 is 0. The molecule has 1 nitrogen and oxygen atoms in total. The van der Waals surface area contributed by atoms with E-state index in [4.69, 9.17) is 28.9 Å². The summed E-state index contributed by atoms with van der Waals surface area (Å²) in [6, 6.07) is 7.26. The molecule has 62 valence electrons. The van der Waals surface area contributed by atoms with Gasteiger partial charge >= 0.3 is 0 Å². The van der Waals surface area contributed by atoms with Gasteiger partial charge in [-0.05, 0) is 6.07 Å². The summed E-state index contributed by atoms with van der Waals surface area (Å²) in [5.74, 6) is 0. The lowest BCUT2D eigenvalue weighted by atomic mass is 10.2. The molecule has 4 heteroatoms. The second kappa shape index (κ2) is 4.83. The second-order valence-corrected chi connectivity index (χ2v) is 2.80. The first-order valence-corrected chi connectivity index (χ1v) is 3.67. The normalized spacial score (nSPS) is 11.9. The smallest absolute Gasteiger partial charge is 0.107 e. The molecule has 0 fully saturated rings. The van der Waals surface area contributed by atoms with Crippen molar-refractivity contribution in [3.63, 3.8) is 0 Å². The van der Waals surface area contributed by atoms with Crippen molar-refractivity contribution in [2.24, 2.45) is 5.73 Å². The number of benzene rings is 1. The van der Waals surface area contributed by atoms with Gasteiger partial charge in [0, 0.05) is 10.6 Å². The van der Waals surface area contributed by atoms with Crippen molar-refractivity contribution in [3.05, 3.63) is 34.9 Å². The molecule has 0 amide bonds. The maximum atomic E-state index is 5.75. The van der Waals surface area contributed by atoms with Gasteiger partial charge in [0.1, 0.15) is 5.50 Å². The predicted octanol–water partition coefficient (Wildman–Crippen LogP) is 2.96. The van der Waals surface area contributed by atoms with Gasteiger partial charge in [-0.3, -0.25) is 0 Å². The Morgan fingerprint density at radius 3 is 2.18 bits per heavy atom. The van der Waals surface area contributed by atoms with Crippen LogP contribution >= 0.6 is 35.6 Å². The third-order valence-electron chi connectivity index (χ3n) is 1.20. The largest absolute Gasteiger partial charge is 0.312 e. The number of halogens is 3. The van der Waals surface area contributed by atoms with Crippen LogP contribution in [-0.4, -0.2) is 0 Å². The summed E-state index contributed by atoms with van der Waals surface area (Å²) in [5, 5.41) is 0.616. The van der Waals surface area contributed by atoms with Crippen LogP contribution in [0.25, 0.3) is 0 Å². The minimum atomic E-state index is -0.506. The fourth-order valence-corrected chi connectivity index (χ4v) is 1.20. The number of hydrogen-bond donors (Lipinski definition) is 1. The Morgan fingerprint density at radius 1 is 1.27 bits per heavy atom. The zero-order valence-corrected chi connectivity index (χ0v) is 7.96. The van der Waals surface area contributed by atoms with E-state index in [1.54, 1.807) is 12.1 Å². The zero-order valence-electron chi connectivity index (χ0n) is 5.63. The molecule has 1 aromatic rings. The molecule has 2 N–H and O–H groups in total. The Balaban J connectivity index is 0.000001000. The van der Waals surface area contributed by atoms with Crippen molar-refractivity contribution < 1.29 is 0 Å². The minimum Gasteiger partial charge on any atom is -0.312 e. The molecule has 0 heterocycles. The quantitative estimate of drug-likeness (QED) is 0.562. The molecule has 1 unspecified atom stereocenters. The van der Waals surface area contributed by atoms with Gasteiger partial charge in [0.2, 0.25) is 0 Å². The summed E-state index contributed by atoms with van der Waals surface area (Å²) in [6.07, 6.45) is 0. The molecular weight excluding hydrogens is 204 g/mol. The Hall–Kier alpha value is 0.0500. The Kier molecular flexibility index (Phi) is 4.86. The Morgan fingerprint density at radius 2 is 1.82 bits per heavy atom. The predicted molar refractivity (Wildman–Crippen MR) is 51.5 cm³/mol. The highest BCUT2D eigenvalue weighted by Gasteiger charge is 2.03. The highest BCUT2D eigenvalue weighted by molar-refractivity contribution is 6.32. The zero-order chi connectivity index (χ0) is 7.56. The average Bonchev–Trinajstić information content (AvgIpc) is 1.88. The van der Waals surface area contributed by atoms with Crippen molar-refractivity contribution in [1.29, 1.82) is 0 Å². The van der Waals surface area contributed by atoms with Gasteiger partial charge in [0.15, 0.2) is 0 Å². The molecular formula is C7H8Cl3N. The lowest BCUT2D eigenvalue weighted by Gasteiger charge is -2.03. The number of rotatable bonds is 1. The summed E-state index contributed by atoms with van der Waals surface area (Å²) >= 11 is 11.4. The van der Waals surface area contributed by atoms with E-state index in [2.05, 4.69) is 0 Å². The molecule has 0 bridgehead atoms. The first-order valence-electron chi connectivity index (χ1n) is 2.86. The van der Waals surface area contributed by atoms with Crippen molar-refractivity contribution in [3.8, 4) is 0 Å². The lowest BCUT2D eigenvalue weighted by Crippen LogP contribution is -2.01. The molecule has 0 radical (unpaired) electrons. The molecule has 0 aliphatic heterocycles. The van der Waals surface area contributed by atoms with Crippen LogP contribution in [0.3, 0.4) is 0 Å². The van der Waals surface area contributed by atoms with E-state index in [0.717, 1.165) is 5.56 Å². The van der Waals surface area contributed by atoms with Crippen LogP contribution < -0.4 is 5.73 Å². The van der Waals surface area contributed by atoms with Crippen molar-refractivity contribution in [1.82, 2.24) is 0 Å². The van der Waals surface area contributed by atoms with Gasteiger partial charge in [0.05, 0.1) is 0 Å². The first-order chi connectivity index (χ1) is 4.72. The van der Waals surface area contributed by atoms with Crippen molar-refractivity contribution >= 4 is 35.6 Å². The van der Waals surface area contributed by atoms with Crippen LogP contribution in [0.1, 0.15) is 11.1 Å². The number of hydrogen-bond acceptors (Lipinski definition) is 1. The van der Waals surface area contributed by atoms with Crippen LogP contribution in [0, 0.1) is 0 Å². The SMILES string of the molecule is Cl.NC(Cl)c1ccccc1Cl. The van der Waals surface area contributed by atoms with Gasteiger partial charge in [-0.1, -0.05) is 29.8 Å². The molecule has 1 atom stereocenters. The van der Waals surface area contributed by atoms with Gasteiger partial charge in [-0.25, -0.2) is 0 Å². The molecule has 0 spiro atoms. The third-order valence-corrected chi connectivity index (χ3v) is 1.78. The fraction of sp³-hybridized carbons (Fsp3) is 0.143. The van der Waals surface area contributed by atoms with Gasteiger partial charge in [-0.2, -0.15) is 0 Å². The number of nitrogens with two attached hydrogens (primary N) is 1. The van der Waals surface area contributed by atoms with E-state index in [1.807, 2.05) is 12.1 Å². The molecule has 11 heavy (non-hydrogen) atoms. The van der Waals surface area contributed by atoms with E-state index in [9.17, 15) is 0 Å². The average molecular weight is 213 g/mol. The molecule has 0 saturated heterocycles. The van der Waals surface area contributed by atoms with Crippen molar-refractivity contribution in [2.45, 2.75) is 5.50 Å². The highest BCUT2D eigenvalue weighted by Crippen LogP contribution is 2.22. The van der Waals surface area contributed by atoms with E-state index in [-0.39, 0.29) is 12.4 Å². The molecule has 1 aromatic carbocycles. The van der Waals surface area contributed by atoms with E-state index in [0.29, 0.717) is 5.02 Å². The van der Waals surface area contributed by atoms with Crippen LogP contribution in [0.5, 0.6) is 0 Å². The summed E-state index contributed by atoms with van der Waals surface area (Å²) in [6.45, 7) is 0. The standard InChI is InChI=1S/C7H7Cl2N.ClH/c8-6-4-2-1-3-5(6)7(9)10;/h1-4,7H,10H2;1H. The molecule has 0 aliphatic carbocycles. The summed E-state index contributed by atoms with van der Waals surface area (Å²) in [5.41, 5.74) is 5.66. The Labute approximate surface area is 81.9 Å². The van der Waals surface area contributed by atoms with Gasteiger partial charge in [-0.15, -0.1) is 24.0 Å². The fourth-order valence-electron chi connectivity index (χ4n) is 0.699. The second-order valence-electron chi connectivity index (χ2n) is 1.92. The third kappa shape index (κ3) is 2.88. The van der Waals surface area contributed by atoms with E-state index < -0.39 is 5.50 Å². The molecule has 1 rings (SSSR count). The van der Waals surface area contributed by atoms with Gasteiger partial charge in [0.25, 0.3) is 0 Å². The van der Waals surface area contributed by atoms with Crippen LogP contribution in [0.4, 0.5) is 0 Å². The highest BCUT2D eigenvalue weighted by atomic mass is 35.5. The summed E-state index contributed by atoms with van der Waals surface area (Å²) in [7, 11) is 0. The lowest BCUT2D eigenvalue weighted by molar-refractivity contribution is 1.02. The molecule has 0 saturated carbocycles. The van der Waals surface area contributed by atoms with Crippen LogP contribution in [0.2, 0.25) is 5.02 Å². The molecule has 0 aliphatic rings. The monoisotopic (exact) mass is 211 g/mol. The van der Waals surface area contributed by atoms with Crippen LogP contribution in [0.15, 0.2) is 24.3 Å². The topological polar surface area (TPSA) is 26.0 Å². The maximum Gasteiger partial charge on any atom is 0.107 e. The number of alkyl halides is 1.